The summed E-state index contributed by atoms with van der Waals surface area (Å²) in [6, 6.07) is 6.11. The van der Waals surface area contributed by atoms with Gasteiger partial charge in [0.05, 0.1) is 5.56 Å². The third-order valence-corrected chi connectivity index (χ3v) is 1.78. The van der Waals surface area contributed by atoms with Crippen molar-refractivity contribution in [2.75, 3.05) is 0 Å². The maximum atomic E-state index is 11.6. The average Bonchev–Trinajstić information content (AvgIpc) is 2.25. The average molecular weight is 234 g/mol. The minimum atomic E-state index is -1.22. The number of carbonyl (C=O) groups is 3. The molecule has 0 bridgehead atoms. The van der Waals surface area contributed by atoms with E-state index in [0.29, 0.717) is 0 Å². The maximum absolute atomic E-state index is 11.6. The molecule has 0 fully saturated rings. The van der Waals surface area contributed by atoms with Crippen LogP contribution in [0.15, 0.2) is 36.4 Å². The summed E-state index contributed by atoms with van der Waals surface area (Å²) in [5.41, 5.74) is 0.139. The number of ether oxygens (including phenoxy) is 1. The van der Waals surface area contributed by atoms with Crippen molar-refractivity contribution >= 4 is 17.7 Å². The Labute approximate surface area is 97.3 Å². The molecule has 17 heavy (non-hydrogen) atoms. The van der Waals surface area contributed by atoms with Crippen LogP contribution >= 0.6 is 0 Å². The molecule has 0 aliphatic rings. The summed E-state index contributed by atoms with van der Waals surface area (Å²) < 4.78 is 4.83. The van der Waals surface area contributed by atoms with Gasteiger partial charge in [-0.25, -0.2) is 4.79 Å². The van der Waals surface area contributed by atoms with E-state index in [0.717, 1.165) is 12.2 Å². The van der Waals surface area contributed by atoms with Crippen LogP contribution in [0.1, 0.15) is 17.3 Å². The highest BCUT2D eigenvalue weighted by Gasteiger charge is 2.11. The zero-order valence-electron chi connectivity index (χ0n) is 9.04. The number of benzene rings is 1. The van der Waals surface area contributed by atoms with E-state index < -0.39 is 17.7 Å². The van der Waals surface area contributed by atoms with Crippen LogP contribution in [-0.2, 0) is 9.59 Å². The normalized spacial score (nSPS) is 10.2. The Bertz CT molecular complexity index is 487. The maximum Gasteiger partial charge on any atom is 0.328 e. The van der Waals surface area contributed by atoms with E-state index >= 15 is 0 Å². The van der Waals surface area contributed by atoms with E-state index in [-0.39, 0.29) is 11.3 Å². The molecule has 0 aliphatic heterocycles. The van der Waals surface area contributed by atoms with Crippen molar-refractivity contribution in [2.45, 2.75) is 6.92 Å². The van der Waals surface area contributed by atoms with E-state index in [2.05, 4.69) is 0 Å². The van der Waals surface area contributed by atoms with Gasteiger partial charge in [-0.2, -0.15) is 0 Å². The molecular weight excluding hydrogens is 224 g/mol. The number of ketones is 1. The van der Waals surface area contributed by atoms with Crippen molar-refractivity contribution in [1.82, 2.24) is 0 Å². The number of carbonyl (C=O) groups excluding carboxylic acids is 2. The largest absolute Gasteiger partial charge is 0.478 e. The van der Waals surface area contributed by atoms with Gasteiger partial charge in [-0.15, -0.1) is 0 Å². The van der Waals surface area contributed by atoms with Crippen molar-refractivity contribution in [1.29, 1.82) is 0 Å². The van der Waals surface area contributed by atoms with Crippen LogP contribution in [0.25, 0.3) is 0 Å². The van der Waals surface area contributed by atoms with Crippen molar-refractivity contribution in [3.05, 3.63) is 42.0 Å². The van der Waals surface area contributed by atoms with E-state index in [1.54, 1.807) is 12.1 Å². The molecule has 5 heteroatoms. The van der Waals surface area contributed by atoms with Crippen molar-refractivity contribution in [3.8, 4) is 5.75 Å². The topological polar surface area (TPSA) is 80.7 Å². The molecule has 0 aromatic heterocycles. The smallest absolute Gasteiger partial charge is 0.328 e. The number of carboxylic acid groups (broad SMARTS) is 1. The second kappa shape index (κ2) is 5.60. The van der Waals surface area contributed by atoms with Crippen LogP contribution in [0, 0.1) is 0 Å². The first-order valence-electron chi connectivity index (χ1n) is 4.73. The summed E-state index contributed by atoms with van der Waals surface area (Å²) in [7, 11) is 0. The summed E-state index contributed by atoms with van der Waals surface area (Å²) >= 11 is 0. The van der Waals surface area contributed by atoms with Crippen LogP contribution in [0.4, 0.5) is 0 Å². The lowest BCUT2D eigenvalue weighted by molar-refractivity contribution is -0.132. The molecule has 0 saturated heterocycles. The van der Waals surface area contributed by atoms with Crippen LogP contribution in [0.2, 0.25) is 0 Å². The highest BCUT2D eigenvalue weighted by Crippen LogP contribution is 2.19. The lowest BCUT2D eigenvalue weighted by Gasteiger charge is -2.05. The van der Waals surface area contributed by atoms with Crippen LogP contribution in [0.5, 0.6) is 5.75 Å². The molecule has 88 valence electrons. The Morgan fingerprint density at radius 3 is 2.41 bits per heavy atom. The molecule has 1 rings (SSSR count). The van der Waals surface area contributed by atoms with Gasteiger partial charge in [0.1, 0.15) is 5.75 Å². The number of aliphatic carboxylic acids is 1. The van der Waals surface area contributed by atoms with E-state index in [1.165, 1.54) is 19.1 Å². The Hall–Kier alpha value is -2.43. The summed E-state index contributed by atoms with van der Waals surface area (Å²) in [4.78, 5) is 32.7. The minimum Gasteiger partial charge on any atom is -0.478 e. The first-order valence-corrected chi connectivity index (χ1v) is 4.73. The standard InChI is InChI=1S/C12H10O5/c1-8(13)17-11-5-3-2-4-9(11)10(14)6-7-12(15)16/h2-7H,1H3,(H,15,16). The molecule has 0 atom stereocenters. The van der Waals surface area contributed by atoms with Gasteiger partial charge in [0.15, 0.2) is 5.78 Å². The second-order valence-electron chi connectivity index (χ2n) is 3.13. The molecule has 0 heterocycles. The highest BCUT2D eigenvalue weighted by molar-refractivity contribution is 6.08. The second-order valence-corrected chi connectivity index (χ2v) is 3.13. The third kappa shape index (κ3) is 3.90. The number of rotatable bonds is 4. The van der Waals surface area contributed by atoms with Crippen LogP contribution < -0.4 is 4.74 Å². The number of hydrogen-bond donors (Lipinski definition) is 1. The number of para-hydroxylation sites is 1. The molecule has 1 aromatic rings. The Kier molecular flexibility index (Phi) is 4.16. The zero-order chi connectivity index (χ0) is 12.8. The third-order valence-electron chi connectivity index (χ3n) is 1.78. The first kappa shape index (κ1) is 12.6. The number of esters is 1. The molecule has 1 aromatic carbocycles. The van der Waals surface area contributed by atoms with E-state index in [9.17, 15) is 14.4 Å². The quantitative estimate of drug-likeness (QED) is 0.369. The molecule has 0 aliphatic carbocycles. The number of hydrogen-bond acceptors (Lipinski definition) is 4. The Morgan fingerprint density at radius 1 is 1.18 bits per heavy atom. The molecule has 5 nitrogen and oxygen atoms in total. The Morgan fingerprint density at radius 2 is 1.82 bits per heavy atom. The van der Waals surface area contributed by atoms with Crippen molar-refractivity contribution in [3.63, 3.8) is 0 Å². The first-order chi connectivity index (χ1) is 8.00. The van der Waals surface area contributed by atoms with Gasteiger partial charge in [-0.05, 0) is 18.2 Å². The predicted octanol–water partition coefficient (Wildman–Crippen LogP) is 1.44. The van der Waals surface area contributed by atoms with Gasteiger partial charge in [-0.3, -0.25) is 9.59 Å². The molecule has 0 unspecified atom stereocenters. The zero-order valence-corrected chi connectivity index (χ0v) is 9.04. The lowest BCUT2D eigenvalue weighted by Crippen LogP contribution is -2.06. The van der Waals surface area contributed by atoms with Crippen LogP contribution in [0.3, 0.4) is 0 Å². The lowest BCUT2D eigenvalue weighted by atomic mass is 10.1. The molecule has 1 N–H and O–H groups in total. The van der Waals surface area contributed by atoms with Gasteiger partial charge < -0.3 is 9.84 Å². The van der Waals surface area contributed by atoms with Gasteiger partial charge in [-0.1, -0.05) is 12.1 Å². The fourth-order valence-corrected chi connectivity index (χ4v) is 1.15. The van der Waals surface area contributed by atoms with E-state index in [1.807, 2.05) is 0 Å². The highest BCUT2D eigenvalue weighted by atomic mass is 16.5. The summed E-state index contributed by atoms with van der Waals surface area (Å²) in [5, 5.41) is 8.40. The molecule has 0 spiro atoms. The molecule has 0 amide bonds. The van der Waals surface area contributed by atoms with Crippen molar-refractivity contribution in [2.24, 2.45) is 0 Å². The summed E-state index contributed by atoms with van der Waals surface area (Å²) in [6.45, 7) is 1.22. The fraction of sp³-hybridized carbons (Fsp3) is 0.0833. The number of carboxylic acids is 1. The molecular formula is C12H10O5. The summed E-state index contributed by atoms with van der Waals surface area (Å²) in [6.07, 6.45) is 1.64. The Balaban J connectivity index is 3.00. The van der Waals surface area contributed by atoms with Gasteiger partial charge in [0.2, 0.25) is 0 Å². The van der Waals surface area contributed by atoms with E-state index in [4.69, 9.17) is 9.84 Å². The van der Waals surface area contributed by atoms with Crippen molar-refractivity contribution < 1.29 is 24.2 Å². The monoisotopic (exact) mass is 234 g/mol. The molecule has 0 saturated carbocycles. The minimum absolute atomic E-state index is 0.111. The van der Waals surface area contributed by atoms with Gasteiger partial charge in [0, 0.05) is 13.0 Å². The fourth-order valence-electron chi connectivity index (χ4n) is 1.15. The van der Waals surface area contributed by atoms with Gasteiger partial charge >= 0.3 is 11.9 Å². The van der Waals surface area contributed by atoms with Crippen LogP contribution in [-0.4, -0.2) is 22.8 Å². The molecule has 0 radical (unpaired) electrons. The SMILES string of the molecule is CC(=O)Oc1ccccc1C(=O)C=CC(=O)O. The van der Waals surface area contributed by atoms with Gasteiger partial charge in [0.25, 0.3) is 0 Å². The number of allylic oxidation sites excluding steroid dienone is 1. The predicted molar refractivity (Wildman–Crippen MR) is 58.9 cm³/mol. The summed E-state index contributed by atoms with van der Waals surface area (Å²) in [5.74, 6) is -2.19.